The van der Waals surface area contributed by atoms with E-state index in [-0.39, 0.29) is 29.7 Å². The second kappa shape index (κ2) is 9.75. The van der Waals surface area contributed by atoms with Crippen LogP contribution in [0.4, 0.5) is 18.0 Å². The number of ether oxygens (including phenoxy) is 1. The second-order valence-corrected chi connectivity index (χ2v) is 14.4. The highest BCUT2D eigenvalue weighted by atomic mass is 32.2. The molecule has 1 aliphatic heterocycles. The summed E-state index contributed by atoms with van der Waals surface area (Å²) in [5.74, 6) is 0.577. The number of aromatic nitrogens is 2. The van der Waals surface area contributed by atoms with Gasteiger partial charge in [0.2, 0.25) is 0 Å². The Morgan fingerprint density at radius 2 is 1.76 bits per heavy atom. The lowest BCUT2D eigenvalue weighted by Gasteiger charge is -2.27. The number of benzene rings is 1. The van der Waals surface area contributed by atoms with Crippen molar-refractivity contribution in [1.29, 1.82) is 0 Å². The van der Waals surface area contributed by atoms with Gasteiger partial charge in [0.05, 0.1) is 22.8 Å². The predicted octanol–water partition coefficient (Wildman–Crippen LogP) is 7.47. The maximum atomic E-state index is 13.0. The highest BCUT2D eigenvalue weighted by Crippen LogP contribution is 2.59. The molecule has 1 saturated heterocycles. The summed E-state index contributed by atoms with van der Waals surface area (Å²) >= 11 is 1.51. The van der Waals surface area contributed by atoms with E-state index in [4.69, 9.17) is 4.74 Å². The number of aromatic amines is 1. The summed E-state index contributed by atoms with van der Waals surface area (Å²) in [5.41, 5.74) is -2.96. The first kappa shape index (κ1) is 28.1. The lowest BCUT2D eigenvalue weighted by molar-refractivity contribution is -0.0500. The normalized spacial score (nSPS) is 22.3. The maximum Gasteiger partial charge on any atom is 0.534 e. The molecule has 41 heavy (non-hydrogen) atoms. The molecule has 3 heterocycles. The van der Waals surface area contributed by atoms with E-state index in [0.29, 0.717) is 17.9 Å². The molecule has 3 aliphatic rings. The number of H-pyrrole nitrogens is 1. The molecule has 2 fully saturated rings. The lowest BCUT2D eigenvalue weighted by atomic mass is 9.87. The smallest absolute Gasteiger partial charge is 0.444 e. The van der Waals surface area contributed by atoms with Gasteiger partial charge in [-0.3, -0.25) is 4.90 Å². The minimum absolute atomic E-state index is 0.0256. The van der Waals surface area contributed by atoms with Crippen LogP contribution < -0.4 is 4.18 Å². The molecule has 13 heteroatoms. The Bertz CT molecular complexity index is 1610. The fourth-order valence-electron chi connectivity index (χ4n) is 6.28. The van der Waals surface area contributed by atoms with Crippen molar-refractivity contribution in [2.24, 2.45) is 0 Å². The van der Waals surface area contributed by atoms with Crippen LogP contribution in [0.1, 0.15) is 87.7 Å². The number of hydrogen-bond donors (Lipinski definition) is 1. The number of carbonyl (C=O) groups is 1. The van der Waals surface area contributed by atoms with Crippen molar-refractivity contribution in [2.45, 2.75) is 81.9 Å². The van der Waals surface area contributed by atoms with Gasteiger partial charge in [-0.1, -0.05) is 0 Å². The van der Waals surface area contributed by atoms with Crippen LogP contribution in [-0.2, 0) is 14.9 Å². The number of hydrogen-bond acceptors (Lipinski definition) is 7. The molecule has 1 amide bonds. The number of amides is 1. The Balaban J connectivity index is 1.28. The average Bonchev–Trinajstić information content (AvgIpc) is 3.69. The molecular weight excluding hydrogens is 579 g/mol. The fourth-order valence-corrected chi connectivity index (χ4v) is 7.77. The Hall–Kier alpha value is -3.06. The van der Waals surface area contributed by atoms with Gasteiger partial charge in [-0.15, -0.1) is 11.3 Å². The van der Waals surface area contributed by atoms with Gasteiger partial charge in [0.25, 0.3) is 0 Å². The number of thiophene rings is 1. The molecule has 2 bridgehead atoms. The lowest BCUT2D eigenvalue weighted by Crippen LogP contribution is -2.36. The summed E-state index contributed by atoms with van der Waals surface area (Å²) in [4.78, 5) is 24.2. The third-order valence-corrected chi connectivity index (χ3v) is 10.0. The van der Waals surface area contributed by atoms with Crippen LogP contribution in [-0.4, -0.2) is 47.0 Å². The number of fused-ring (bicyclic) bond motifs is 5. The molecule has 8 nitrogen and oxygen atoms in total. The molecule has 1 N–H and O–H groups in total. The molecular formula is C28H30F3N3O5S2. The Morgan fingerprint density at radius 1 is 1.05 bits per heavy atom. The summed E-state index contributed by atoms with van der Waals surface area (Å²) in [7, 11) is -5.76. The SMILES string of the molecule is CC(C)(C)OC(=O)N1CCC[C@H]1c1ncc(-c2ccc(-c3ccc(OS(=O)(=O)C(F)(F)F)c4c3C3CCC4C3)s2)[nH]1. The van der Waals surface area contributed by atoms with E-state index in [1.807, 2.05) is 32.9 Å². The molecule has 0 radical (unpaired) electrons. The maximum absolute atomic E-state index is 13.0. The van der Waals surface area contributed by atoms with Gasteiger partial charge < -0.3 is 13.9 Å². The van der Waals surface area contributed by atoms with Crippen molar-refractivity contribution in [1.82, 2.24) is 14.9 Å². The number of rotatable bonds is 5. The first-order valence-electron chi connectivity index (χ1n) is 13.5. The first-order chi connectivity index (χ1) is 19.2. The van der Waals surface area contributed by atoms with Crippen molar-refractivity contribution in [3.8, 4) is 26.8 Å². The molecule has 3 aromatic rings. The van der Waals surface area contributed by atoms with Gasteiger partial charge in [-0.25, -0.2) is 9.78 Å². The molecule has 0 spiro atoms. The molecule has 2 unspecified atom stereocenters. The van der Waals surface area contributed by atoms with Crippen molar-refractivity contribution < 1.29 is 35.3 Å². The van der Waals surface area contributed by atoms with Gasteiger partial charge in [0.1, 0.15) is 17.2 Å². The van der Waals surface area contributed by atoms with E-state index in [9.17, 15) is 26.4 Å². The van der Waals surface area contributed by atoms with Gasteiger partial charge in [0, 0.05) is 17.0 Å². The van der Waals surface area contributed by atoms with E-state index < -0.39 is 21.2 Å². The minimum atomic E-state index is -5.76. The average molecular weight is 610 g/mol. The zero-order chi connectivity index (χ0) is 29.3. The molecule has 2 aromatic heterocycles. The largest absolute Gasteiger partial charge is 0.534 e. The van der Waals surface area contributed by atoms with Crippen LogP contribution in [0.3, 0.4) is 0 Å². The van der Waals surface area contributed by atoms with Crippen LogP contribution >= 0.6 is 11.3 Å². The van der Waals surface area contributed by atoms with Crippen molar-refractivity contribution in [3.63, 3.8) is 0 Å². The molecule has 3 atom stereocenters. The summed E-state index contributed by atoms with van der Waals surface area (Å²) in [6.07, 6.45) is 5.45. The summed E-state index contributed by atoms with van der Waals surface area (Å²) in [5, 5.41) is 0. The van der Waals surface area contributed by atoms with E-state index in [2.05, 4.69) is 14.2 Å². The molecule has 1 saturated carbocycles. The fraction of sp³-hybridized carbons (Fsp3) is 0.500. The Labute approximate surface area is 240 Å². The van der Waals surface area contributed by atoms with E-state index >= 15 is 0 Å². The van der Waals surface area contributed by atoms with Crippen LogP contribution in [0.2, 0.25) is 0 Å². The van der Waals surface area contributed by atoms with E-state index in [0.717, 1.165) is 58.7 Å². The number of alkyl halides is 3. The highest BCUT2D eigenvalue weighted by molar-refractivity contribution is 7.88. The molecule has 220 valence electrons. The number of nitrogens with zero attached hydrogens (tertiary/aromatic N) is 2. The standard InChI is InChI=1S/C28H30F3N3O5S2/c1-27(2,3)38-26(35)34-12-4-5-19(34)25-32-14-18(33-25)22-11-10-21(40-22)17-8-9-20(39-41(36,37)28(29,30)31)24-16-7-6-15(13-16)23(17)24/h8-11,14-16,19H,4-7,12-13H2,1-3H3,(H,32,33)/t15?,16?,19-/m0/s1. The zero-order valence-electron chi connectivity index (χ0n) is 22.7. The van der Waals surface area contributed by atoms with Crippen LogP contribution in [0.25, 0.3) is 21.0 Å². The number of imidazole rings is 1. The molecule has 1 aromatic carbocycles. The highest BCUT2D eigenvalue weighted by Gasteiger charge is 2.50. The summed E-state index contributed by atoms with van der Waals surface area (Å²) in [6, 6.07) is 6.70. The number of carbonyl (C=O) groups excluding carboxylic acids is 1. The quantitative estimate of drug-likeness (QED) is 0.238. The number of halogens is 3. The van der Waals surface area contributed by atoms with Gasteiger partial charge >= 0.3 is 21.7 Å². The summed E-state index contributed by atoms with van der Waals surface area (Å²) in [6.45, 7) is 6.10. The van der Waals surface area contributed by atoms with Crippen molar-refractivity contribution in [3.05, 3.63) is 47.4 Å². The van der Waals surface area contributed by atoms with Gasteiger partial charge in [-0.05, 0) is 100 Å². The molecule has 6 rings (SSSR count). The predicted molar refractivity (Wildman–Crippen MR) is 147 cm³/mol. The van der Waals surface area contributed by atoms with Crippen molar-refractivity contribution in [2.75, 3.05) is 6.54 Å². The van der Waals surface area contributed by atoms with Crippen molar-refractivity contribution >= 4 is 27.5 Å². The van der Waals surface area contributed by atoms with Crippen LogP contribution in [0, 0.1) is 0 Å². The number of nitrogens with one attached hydrogen (secondary N) is 1. The zero-order valence-corrected chi connectivity index (χ0v) is 24.4. The van der Waals surface area contributed by atoms with E-state index in [1.165, 1.54) is 17.4 Å². The Kier molecular flexibility index (Phi) is 6.68. The van der Waals surface area contributed by atoms with Crippen LogP contribution in [0.15, 0.2) is 30.5 Å². The van der Waals surface area contributed by atoms with Gasteiger partial charge in [0.15, 0.2) is 0 Å². The third-order valence-electron chi connectivity index (χ3n) is 7.91. The Morgan fingerprint density at radius 3 is 2.46 bits per heavy atom. The van der Waals surface area contributed by atoms with Gasteiger partial charge in [-0.2, -0.15) is 21.6 Å². The first-order valence-corrected chi connectivity index (χ1v) is 15.8. The molecule has 2 aliphatic carbocycles. The number of likely N-dealkylation sites (tertiary alicyclic amines) is 1. The minimum Gasteiger partial charge on any atom is -0.444 e. The topological polar surface area (TPSA) is 102 Å². The monoisotopic (exact) mass is 609 g/mol. The second-order valence-electron chi connectivity index (χ2n) is 11.8. The summed E-state index contributed by atoms with van der Waals surface area (Å²) < 4.78 is 72.9. The van der Waals surface area contributed by atoms with Crippen LogP contribution in [0.5, 0.6) is 5.75 Å². The van der Waals surface area contributed by atoms with E-state index in [1.54, 1.807) is 17.2 Å². The third kappa shape index (κ3) is 5.11.